The number of unbranched alkanes of at least 4 members (excludes halogenated alkanes) is 1. The molecule has 0 atom stereocenters. The molecule has 114 valence electrons. The van der Waals surface area contributed by atoms with Crippen molar-refractivity contribution in [1.29, 1.82) is 5.26 Å². The molecule has 1 aromatic rings. The topological polar surface area (TPSA) is 78.2 Å². The lowest BCUT2D eigenvalue weighted by molar-refractivity contribution is -0.127. The summed E-state index contributed by atoms with van der Waals surface area (Å²) in [6, 6.07) is 8.31. The standard InChI is InChI=1S/C15H20N2O3S/c1-3-4-9-17(2)15(18)12-21(19,20)11-14-7-5-13(10-16)6-8-14/h5-8H,3-4,9,11-12H2,1-2H3. The predicted octanol–water partition coefficient (Wildman–Crippen LogP) is 1.73. The molecule has 1 aromatic carbocycles. The van der Waals surface area contributed by atoms with E-state index in [0.29, 0.717) is 17.7 Å². The molecule has 0 bridgehead atoms. The third-order valence-corrected chi connectivity index (χ3v) is 4.55. The molecule has 21 heavy (non-hydrogen) atoms. The molecule has 0 N–H and O–H groups in total. The van der Waals surface area contributed by atoms with Crippen LogP contribution in [0.2, 0.25) is 0 Å². The van der Waals surface area contributed by atoms with Crippen molar-refractivity contribution in [2.24, 2.45) is 0 Å². The van der Waals surface area contributed by atoms with Gasteiger partial charge in [0.1, 0.15) is 5.75 Å². The molecular weight excluding hydrogens is 288 g/mol. The molecule has 0 aromatic heterocycles. The zero-order valence-electron chi connectivity index (χ0n) is 12.4. The fourth-order valence-electron chi connectivity index (χ4n) is 1.80. The number of nitrogens with zero attached hydrogens (tertiary/aromatic N) is 2. The third-order valence-electron chi connectivity index (χ3n) is 3.09. The highest BCUT2D eigenvalue weighted by Crippen LogP contribution is 2.09. The fraction of sp³-hybridized carbons (Fsp3) is 0.467. The van der Waals surface area contributed by atoms with Gasteiger partial charge in [-0.3, -0.25) is 4.79 Å². The van der Waals surface area contributed by atoms with E-state index in [9.17, 15) is 13.2 Å². The molecular formula is C15H20N2O3S. The van der Waals surface area contributed by atoms with E-state index in [1.54, 1.807) is 31.3 Å². The van der Waals surface area contributed by atoms with E-state index in [0.717, 1.165) is 12.8 Å². The number of nitriles is 1. The van der Waals surface area contributed by atoms with E-state index in [4.69, 9.17) is 5.26 Å². The van der Waals surface area contributed by atoms with Crippen LogP contribution in [-0.2, 0) is 20.4 Å². The first-order valence-electron chi connectivity index (χ1n) is 6.81. The SMILES string of the molecule is CCCCN(C)C(=O)CS(=O)(=O)Cc1ccc(C#N)cc1. The fourth-order valence-corrected chi connectivity index (χ4v) is 3.20. The van der Waals surface area contributed by atoms with Crippen molar-refractivity contribution in [3.63, 3.8) is 0 Å². The first-order chi connectivity index (χ1) is 9.88. The van der Waals surface area contributed by atoms with E-state index < -0.39 is 15.6 Å². The van der Waals surface area contributed by atoms with Crippen LogP contribution in [0.15, 0.2) is 24.3 Å². The molecule has 0 spiro atoms. The van der Waals surface area contributed by atoms with Gasteiger partial charge in [0.2, 0.25) is 5.91 Å². The van der Waals surface area contributed by atoms with Crippen LogP contribution < -0.4 is 0 Å². The molecule has 0 aliphatic carbocycles. The van der Waals surface area contributed by atoms with Crippen LogP contribution >= 0.6 is 0 Å². The molecule has 0 heterocycles. The maximum Gasteiger partial charge on any atom is 0.237 e. The zero-order chi connectivity index (χ0) is 15.9. The van der Waals surface area contributed by atoms with E-state index in [2.05, 4.69) is 0 Å². The Labute approximate surface area is 126 Å². The lowest BCUT2D eigenvalue weighted by Crippen LogP contribution is -2.33. The van der Waals surface area contributed by atoms with Gasteiger partial charge < -0.3 is 4.90 Å². The van der Waals surface area contributed by atoms with Gasteiger partial charge in [0, 0.05) is 13.6 Å². The minimum Gasteiger partial charge on any atom is -0.345 e. The quantitative estimate of drug-likeness (QED) is 0.768. The Morgan fingerprint density at radius 3 is 2.43 bits per heavy atom. The highest BCUT2D eigenvalue weighted by molar-refractivity contribution is 7.91. The Balaban J connectivity index is 2.64. The van der Waals surface area contributed by atoms with Crippen LogP contribution in [0.25, 0.3) is 0 Å². The monoisotopic (exact) mass is 308 g/mol. The second kappa shape index (κ2) is 7.79. The van der Waals surface area contributed by atoms with Gasteiger partial charge in [-0.1, -0.05) is 25.5 Å². The normalized spacial score (nSPS) is 10.9. The van der Waals surface area contributed by atoms with Gasteiger partial charge >= 0.3 is 0 Å². The summed E-state index contributed by atoms with van der Waals surface area (Å²) in [4.78, 5) is 13.3. The molecule has 0 radical (unpaired) electrons. The highest BCUT2D eigenvalue weighted by Gasteiger charge is 2.20. The van der Waals surface area contributed by atoms with Crippen molar-refractivity contribution < 1.29 is 13.2 Å². The number of amides is 1. The summed E-state index contributed by atoms with van der Waals surface area (Å²) in [5, 5.41) is 8.69. The van der Waals surface area contributed by atoms with Crippen LogP contribution in [-0.4, -0.2) is 38.6 Å². The van der Waals surface area contributed by atoms with Crippen molar-refractivity contribution in [2.45, 2.75) is 25.5 Å². The molecule has 0 unspecified atom stereocenters. The van der Waals surface area contributed by atoms with Gasteiger partial charge in [0.25, 0.3) is 0 Å². The summed E-state index contributed by atoms with van der Waals surface area (Å²) in [7, 11) is -1.88. The summed E-state index contributed by atoms with van der Waals surface area (Å²) in [5.74, 6) is -1.05. The summed E-state index contributed by atoms with van der Waals surface area (Å²) < 4.78 is 24.1. The van der Waals surface area contributed by atoms with Gasteiger partial charge in [-0.2, -0.15) is 5.26 Å². The molecule has 1 rings (SSSR count). The van der Waals surface area contributed by atoms with Crippen molar-refractivity contribution in [3.8, 4) is 6.07 Å². The summed E-state index contributed by atoms with van der Waals surface area (Å²) >= 11 is 0. The van der Waals surface area contributed by atoms with Gasteiger partial charge in [-0.15, -0.1) is 0 Å². The molecule has 1 amide bonds. The number of sulfone groups is 1. The van der Waals surface area contributed by atoms with Crippen LogP contribution in [0, 0.1) is 11.3 Å². The van der Waals surface area contributed by atoms with E-state index in [-0.39, 0.29) is 11.7 Å². The van der Waals surface area contributed by atoms with Crippen molar-refractivity contribution >= 4 is 15.7 Å². The van der Waals surface area contributed by atoms with Crippen LogP contribution in [0.3, 0.4) is 0 Å². The second-order valence-corrected chi connectivity index (χ2v) is 7.07. The molecule has 6 heteroatoms. The lowest BCUT2D eigenvalue weighted by atomic mass is 10.2. The number of carbonyl (C=O) groups is 1. The highest BCUT2D eigenvalue weighted by atomic mass is 32.2. The number of carbonyl (C=O) groups excluding carboxylic acids is 1. The minimum atomic E-state index is -3.50. The molecule has 5 nitrogen and oxygen atoms in total. The molecule has 0 saturated carbocycles. The first kappa shape index (κ1) is 17.2. The van der Waals surface area contributed by atoms with E-state index in [1.165, 1.54) is 4.90 Å². The smallest absolute Gasteiger partial charge is 0.237 e. The van der Waals surface area contributed by atoms with Crippen molar-refractivity contribution in [2.75, 3.05) is 19.3 Å². The average Bonchev–Trinajstić information content (AvgIpc) is 2.44. The van der Waals surface area contributed by atoms with Crippen LogP contribution in [0.1, 0.15) is 30.9 Å². The Bertz CT molecular complexity index is 615. The van der Waals surface area contributed by atoms with Crippen LogP contribution in [0.5, 0.6) is 0 Å². The third kappa shape index (κ3) is 5.96. The Morgan fingerprint density at radius 1 is 1.29 bits per heavy atom. The Morgan fingerprint density at radius 2 is 1.90 bits per heavy atom. The second-order valence-electron chi connectivity index (χ2n) is 5.01. The van der Waals surface area contributed by atoms with Crippen molar-refractivity contribution in [1.82, 2.24) is 4.90 Å². The average molecular weight is 308 g/mol. The number of hydrogen-bond donors (Lipinski definition) is 0. The largest absolute Gasteiger partial charge is 0.345 e. The molecule has 0 saturated heterocycles. The first-order valence-corrected chi connectivity index (χ1v) is 8.63. The molecule has 0 aliphatic rings. The Kier molecular flexibility index (Phi) is 6.38. The van der Waals surface area contributed by atoms with E-state index in [1.807, 2.05) is 13.0 Å². The number of rotatable bonds is 7. The maximum atomic E-state index is 12.0. The minimum absolute atomic E-state index is 0.188. The Hall–Kier alpha value is -1.87. The van der Waals surface area contributed by atoms with Crippen LogP contribution in [0.4, 0.5) is 0 Å². The number of benzene rings is 1. The van der Waals surface area contributed by atoms with Gasteiger partial charge in [0.05, 0.1) is 17.4 Å². The van der Waals surface area contributed by atoms with E-state index >= 15 is 0 Å². The van der Waals surface area contributed by atoms with Gasteiger partial charge in [-0.25, -0.2) is 8.42 Å². The predicted molar refractivity (Wildman–Crippen MR) is 81.2 cm³/mol. The molecule has 0 fully saturated rings. The zero-order valence-corrected chi connectivity index (χ0v) is 13.2. The maximum absolute atomic E-state index is 12.0. The summed E-state index contributed by atoms with van der Waals surface area (Å²) in [5.41, 5.74) is 1.06. The lowest BCUT2D eigenvalue weighted by Gasteiger charge is -2.16. The summed E-state index contributed by atoms with van der Waals surface area (Å²) in [6.07, 6.45) is 1.81. The van der Waals surface area contributed by atoms with Crippen molar-refractivity contribution in [3.05, 3.63) is 35.4 Å². The van der Waals surface area contributed by atoms with Gasteiger partial charge in [-0.05, 0) is 24.1 Å². The number of hydrogen-bond acceptors (Lipinski definition) is 4. The molecule has 0 aliphatic heterocycles. The summed E-state index contributed by atoms with van der Waals surface area (Å²) in [6.45, 7) is 2.58. The van der Waals surface area contributed by atoms with Gasteiger partial charge in [0.15, 0.2) is 9.84 Å².